The third-order valence-corrected chi connectivity index (χ3v) is 12.6. The lowest BCUT2D eigenvalue weighted by atomic mass is 9.86. The molecule has 0 saturated carbocycles. The lowest BCUT2D eigenvalue weighted by Gasteiger charge is -2.42. The van der Waals surface area contributed by atoms with Gasteiger partial charge < -0.3 is 33.3 Å². The van der Waals surface area contributed by atoms with Gasteiger partial charge in [-0.2, -0.15) is 18.2 Å². The minimum Gasteiger partial charge on any atom is -0.455 e. The van der Waals surface area contributed by atoms with Crippen molar-refractivity contribution >= 4 is 27.9 Å². The normalized spacial score (nSPS) is 20.5. The molecular formula is C39H47F3N6O10S. The molecule has 7 rings (SSSR count). The quantitative estimate of drug-likeness (QED) is 0.226. The highest BCUT2D eigenvalue weighted by atomic mass is 32.2. The summed E-state index contributed by atoms with van der Waals surface area (Å²) in [6, 6.07) is 7.92. The van der Waals surface area contributed by atoms with Gasteiger partial charge in [-0.1, -0.05) is 17.3 Å². The summed E-state index contributed by atoms with van der Waals surface area (Å²) in [4.78, 5) is 51.4. The summed E-state index contributed by atoms with van der Waals surface area (Å²) in [5, 5.41) is 3.86. The van der Waals surface area contributed by atoms with E-state index in [1.54, 1.807) is 20.8 Å². The van der Waals surface area contributed by atoms with Crippen LogP contribution in [0.15, 0.2) is 51.9 Å². The van der Waals surface area contributed by atoms with E-state index in [9.17, 15) is 36.0 Å². The van der Waals surface area contributed by atoms with Crippen molar-refractivity contribution in [3.8, 4) is 22.9 Å². The van der Waals surface area contributed by atoms with E-state index in [4.69, 9.17) is 23.5 Å². The molecule has 0 N–H and O–H groups in total. The molecule has 4 aliphatic heterocycles. The molecule has 320 valence electrons. The molecule has 4 amide bonds. The van der Waals surface area contributed by atoms with E-state index in [1.807, 2.05) is 0 Å². The largest absolute Gasteiger partial charge is 0.455 e. The summed E-state index contributed by atoms with van der Waals surface area (Å²) in [6.07, 6.45) is -4.41. The summed E-state index contributed by atoms with van der Waals surface area (Å²) in [5.41, 5.74) is -3.32. The summed E-state index contributed by atoms with van der Waals surface area (Å²) >= 11 is 0. The van der Waals surface area contributed by atoms with E-state index in [-0.39, 0.29) is 66.2 Å². The number of alkyl halides is 3. The Labute approximate surface area is 339 Å². The van der Waals surface area contributed by atoms with Crippen molar-refractivity contribution in [2.45, 2.75) is 81.3 Å². The van der Waals surface area contributed by atoms with Gasteiger partial charge in [0, 0.05) is 51.4 Å². The Bertz CT molecular complexity index is 2140. The first-order valence-electron chi connectivity index (χ1n) is 19.5. The topological polar surface area (TPSA) is 174 Å². The maximum Gasteiger partial charge on any atom is 0.420 e. The lowest BCUT2D eigenvalue weighted by molar-refractivity contribution is -0.138. The summed E-state index contributed by atoms with van der Waals surface area (Å²) in [5.74, 6) is -2.23. The van der Waals surface area contributed by atoms with Crippen LogP contribution in [0.1, 0.15) is 57.9 Å². The van der Waals surface area contributed by atoms with Crippen molar-refractivity contribution in [2.24, 2.45) is 0 Å². The molecule has 4 saturated heterocycles. The number of hydrogen-bond acceptors (Lipinski definition) is 13. The van der Waals surface area contributed by atoms with Crippen molar-refractivity contribution in [3.05, 3.63) is 53.9 Å². The molecule has 4 fully saturated rings. The Morgan fingerprint density at radius 3 is 2.37 bits per heavy atom. The molecule has 0 radical (unpaired) electrons. The zero-order valence-electron chi connectivity index (χ0n) is 33.0. The van der Waals surface area contributed by atoms with Gasteiger partial charge in [-0.25, -0.2) is 18.0 Å². The number of halogens is 3. The molecule has 1 unspecified atom stereocenters. The first-order chi connectivity index (χ1) is 27.9. The van der Waals surface area contributed by atoms with Crippen LogP contribution in [-0.2, 0) is 41.6 Å². The van der Waals surface area contributed by atoms with Crippen molar-refractivity contribution in [3.63, 3.8) is 0 Å². The molecule has 20 heteroatoms. The number of para-hydroxylation sites is 1. The van der Waals surface area contributed by atoms with Crippen LogP contribution in [-0.4, -0.2) is 138 Å². The Balaban J connectivity index is 1.10. The third kappa shape index (κ3) is 9.34. The molecular weight excluding hydrogens is 802 g/mol. The van der Waals surface area contributed by atoms with Gasteiger partial charge >= 0.3 is 18.3 Å². The molecule has 16 nitrogen and oxygen atoms in total. The molecule has 0 aliphatic carbocycles. The number of hydrogen-bond donors (Lipinski definition) is 0. The highest BCUT2D eigenvalue weighted by molar-refractivity contribution is 7.91. The zero-order valence-corrected chi connectivity index (χ0v) is 33.8. The number of piperidine rings is 1. The van der Waals surface area contributed by atoms with Crippen LogP contribution in [0.4, 0.5) is 22.8 Å². The number of sulfone groups is 1. The van der Waals surface area contributed by atoms with E-state index in [2.05, 4.69) is 15.0 Å². The molecule has 5 heterocycles. The molecule has 4 aliphatic rings. The number of likely N-dealkylation sites (tertiary alicyclic amines) is 1. The Morgan fingerprint density at radius 1 is 0.966 bits per heavy atom. The first kappa shape index (κ1) is 42.3. The van der Waals surface area contributed by atoms with E-state index >= 15 is 0 Å². The third-order valence-electron chi connectivity index (χ3n) is 10.7. The van der Waals surface area contributed by atoms with Crippen LogP contribution in [0.25, 0.3) is 11.4 Å². The van der Waals surface area contributed by atoms with Gasteiger partial charge in [-0.05, 0) is 76.8 Å². The molecule has 59 heavy (non-hydrogen) atoms. The standard InChI is InChI=1S/C39H47F3N6O10S/c1-37(2,3)57-36(51)46-14-12-38(13-15-46)34(49)47(35(50)48(38)17-16-45-18-21-54-22-19-45)24-32-43-33(44-58-32)26-10-11-29(28(23-26)39(40,41)42)56-30-8-4-5-9-31(30)59(52,53)25-27-7-6-20-55-27/h4-5,8-11,23,27H,6-7,12-22,24-25H2,1-3H3. The highest BCUT2D eigenvalue weighted by Crippen LogP contribution is 2.42. The molecule has 2 aromatic carbocycles. The molecule has 1 aromatic heterocycles. The highest BCUT2D eigenvalue weighted by Gasteiger charge is 2.58. The second-order valence-corrected chi connectivity index (χ2v) is 18.0. The average molecular weight is 849 g/mol. The fourth-order valence-electron chi connectivity index (χ4n) is 7.74. The van der Waals surface area contributed by atoms with Crippen molar-refractivity contribution in [1.29, 1.82) is 0 Å². The Morgan fingerprint density at radius 2 is 1.69 bits per heavy atom. The van der Waals surface area contributed by atoms with Crippen molar-refractivity contribution < 1.29 is 59.4 Å². The number of ether oxygens (including phenoxy) is 4. The monoisotopic (exact) mass is 848 g/mol. The lowest BCUT2D eigenvalue weighted by Crippen LogP contribution is -2.58. The maximum absolute atomic E-state index is 14.5. The summed E-state index contributed by atoms with van der Waals surface area (Å²) in [7, 11) is -3.99. The molecule has 0 bridgehead atoms. The number of rotatable bonds is 11. The number of imide groups is 1. The fourth-order valence-corrected chi connectivity index (χ4v) is 9.37. The van der Waals surface area contributed by atoms with Crippen LogP contribution < -0.4 is 4.74 Å². The average Bonchev–Trinajstić information content (AvgIpc) is 3.92. The molecule has 3 aromatic rings. The predicted octanol–water partition coefficient (Wildman–Crippen LogP) is 5.37. The van der Waals surface area contributed by atoms with Gasteiger partial charge in [-0.15, -0.1) is 0 Å². The maximum atomic E-state index is 14.5. The van der Waals surface area contributed by atoms with E-state index in [0.717, 1.165) is 17.0 Å². The molecule has 1 spiro atoms. The minimum atomic E-state index is -4.95. The number of amides is 4. The number of carbonyl (C=O) groups excluding carboxylic acids is 3. The van der Waals surface area contributed by atoms with Crippen molar-refractivity contribution in [2.75, 3.05) is 64.8 Å². The van der Waals surface area contributed by atoms with Gasteiger partial charge in [0.1, 0.15) is 34.1 Å². The predicted molar refractivity (Wildman–Crippen MR) is 202 cm³/mol. The van der Waals surface area contributed by atoms with E-state index in [1.165, 1.54) is 40.1 Å². The SMILES string of the molecule is CC(C)(C)OC(=O)N1CCC2(CC1)C(=O)N(Cc1nc(-c3ccc(Oc4ccccc4S(=O)(=O)CC4CCCO4)c(C(F)(F)F)c3)no1)C(=O)N2CCN1CCOCC1. The minimum absolute atomic E-state index is 0.115. The van der Waals surface area contributed by atoms with Crippen molar-refractivity contribution in [1.82, 2.24) is 29.7 Å². The van der Waals surface area contributed by atoms with Crippen LogP contribution in [0, 0.1) is 0 Å². The zero-order chi connectivity index (χ0) is 42.2. The van der Waals surface area contributed by atoms with Gasteiger partial charge in [0.05, 0.1) is 30.6 Å². The van der Waals surface area contributed by atoms with Crippen LogP contribution in [0.5, 0.6) is 11.5 Å². The number of carbonyl (C=O) groups is 3. The first-order valence-corrected chi connectivity index (χ1v) is 21.2. The van der Waals surface area contributed by atoms with E-state index in [0.29, 0.717) is 52.3 Å². The Kier molecular flexibility index (Phi) is 12.0. The van der Waals surface area contributed by atoms with Crippen LogP contribution in [0.2, 0.25) is 0 Å². The fraction of sp³-hybridized carbons (Fsp3) is 0.564. The number of nitrogens with zero attached hydrogens (tertiary/aromatic N) is 6. The smallest absolute Gasteiger partial charge is 0.420 e. The van der Waals surface area contributed by atoms with Crippen LogP contribution >= 0.6 is 0 Å². The number of morpholine rings is 1. The second-order valence-electron chi connectivity index (χ2n) is 16.0. The van der Waals surface area contributed by atoms with E-state index < -0.39 is 69.1 Å². The van der Waals surface area contributed by atoms with Gasteiger partial charge in [-0.3, -0.25) is 14.6 Å². The number of aromatic nitrogens is 2. The van der Waals surface area contributed by atoms with Gasteiger partial charge in [0.2, 0.25) is 11.7 Å². The summed E-state index contributed by atoms with van der Waals surface area (Å²) < 4.78 is 97.7. The summed E-state index contributed by atoms with van der Waals surface area (Å²) in [6.45, 7) is 8.72. The van der Waals surface area contributed by atoms with Crippen LogP contribution in [0.3, 0.4) is 0 Å². The van der Waals surface area contributed by atoms with Gasteiger partial charge in [0.15, 0.2) is 9.84 Å². The van der Waals surface area contributed by atoms with Gasteiger partial charge in [0.25, 0.3) is 5.91 Å². The number of benzene rings is 2. The number of urea groups is 1. The Hall–Kier alpha value is -4.79. The second kappa shape index (κ2) is 16.7. The molecule has 1 atom stereocenters.